The van der Waals surface area contributed by atoms with E-state index in [1.54, 1.807) is 24.3 Å². The van der Waals surface area contributed by atoms with Crippen molar-refractivity contribution in [1.29, 1.82) is 0 Å². The number of carbonyl (C=O) groups is 1. The average Bonchev–Trinajstić information content (AvgIpc) is 3.36. The number of hydrogen-bond donors (Lipinski definition) is 1. The van der Waals surface area contributed by atoms with E-state index in [1.807, 2.05) is 9.80 Å². The minimum absolute atomic E-state index is 0.227. The highest BCUT2D eigenvalue weighted by molar-refractivity contribution is 9.10. The van der Waals surface area contributed by atoms with Crippen LogP contribution in [0.4, 0.5) is 33.2 Å². The van der Waals surface area contributed by atoms with Crippen molar-refractivity contribution in [3.05, 3.63) is 62.4 Å². The van der Waals surface area contributed by atoms with E-state index >= 15 is 4.39 Å². The second kappa shape index (κ2) is 9.96. The molecule has 13 heteroatoms. The molecule has 1 aromatic heterocycles. The lowest BCUT2D eigenvalue weighted by molar-refractivity contribution is 0.1000. The van der Waals surface area contributed by atoms with Gasteiger partial charge in [-0.3, -0.25) is 14.7 Å². The number of hydrogen-bond acceptors (Lipinski definition) is 8. The van der Waals surface area contributed by atoms with Gasteiger partial charge in [-0.2, -0.15) is 4.98 Å². The highest BCUT2D eigenvalue weighted by Gasteiger charge is 2.41. The van der Waals surface area contributed by atoms with E-state index in [1.165, 1.54) is 17.2 Å². The monoisotopic (exact) mass is 618 g/mol. The van der Waals surface area contributed by atoms with Crippen molar-refractivity contribution in [3.8, 4) is 0 Å². The van der Waals surface area contributed by atoms with Gasteiger partial charge in [-0.05, 0) is 47.2 Å². The number of piperazine rings is 1. The molecule has 3 aromatic rings. The van der Waals surface area contributed by atoms with Crippen LogP contribution in [-0.4, -0.2) is 73.1 Å². The van der Waals surface area contributed by atoms with Gasteiger partial charge in [-0.1, -0.05) is 29.3 Å². The average molecular weight is 620 g/mol. The molecule has 196 valence electrons. The van der Waals surface area contributed by atoms with Crippen molar-refractivity contribution in [2.75, 3.05) is 66.3 Å². The smallest absolute Gasteiger partial charge is 0.270 e. The molecule has 6 rings (SSSR count). The minimum atomic E-state index is -0.385. The molecule has 0 bridgehead atoms. The molecule has 1 saturated heterocycles. The van der Waals surface area contributed by atoms with Gasteiger partial charge in [-0.15, -0.1) is 0 Å². The van der Waals surface area contributed by atoms with Gasteiger partial charge in [0.15, 0.2) is 5.82 Å². The molecule has 3 aliphatic heterocycles. The number of anilines is 5. The molecule has 9 nitrogen and oxygen atoms in total. The van der Waals surface area contributed by atoms with Gasteiger partial charge in [0, 0.05) is 49.1 Å². The van der Waals surface area contributed by atoms with E-state index in [4.69, 9.17) is 23.2 Å². The third-order valence-corrected chi connectivity index (χ3v) is 7.94. The fourth-order valence-corrected chi connectivity index (χ4v) is 6.08. The maximum atomic E-state index is 15.2. The number of halogens is 4. The van der Waals surface area contributed by atoms with E-state index < -0.39 is 0 Å². The summed E-state index contributed by atoms with van der Waals surface area (Å²) in [4.78, 5) is 34.5. The highest BCUT2D eigenvalue weighted by Crippen LogP contribution is 2.40. The van der Waals surface area contributed by atoms with Gasteiger partial charge in [-0.25, -0.2) is 14.3 Å². The Kier molecular flexibility index (Phi) is 6.63. The van der Waals surface area contributed by atoms with Crippen LogP contribution < -0.4 is 20.0 Å². The Morgan fingerprint density at radius 3 is 2.50 bits per heavy atom. The number of likely N-dealkylation sites (N-methyl/N-ethyl adjacent to an activating group) is 1. The van der Waals surface area contributed by atoms with Crippen molar-refractivity contribution in [2.45, 2.75) is 0 Å². The molecular weight excluding hydrogens is 598 g/mol. The predicted molar refractivity (Wildman–Crippen MR) is 152 cm³/mol. The lowest BCUT2D eigenvalue weighted by atomic mass is 10.1. The molecule has 38 heavy (non-hydrogen) atoms. The Labute approximate surface area is 237 Å². The first-order valence-electron chi connectivity index (χ1n) is 12.0. The van der Waals surface area contributed by atoms with E-state index in [-0.39, 0.29) is 23.2 Å². The third-order valence-electron chi connectivity index (χ3n) is 6.73. The van der Waals surface area contributed by atoms with Gasteiger partial charge in [0.2, 0.25) is 11.9 Å². The molecule has 1 amide bonds. The topological polar surface area (TPSA) is 80.2 Å². The van der Waals surface area contributed by atoms with E-state index in [9.17, 15) is 4.79 Å². The Bertz CT molecular complexity index is 1440. The van der Waals surface area contributed by atoms with Gasteiger partial charge in [0.1, 0.15) is 11.4 Å². The standard InChI is InChI=1S/C25H22BrCl2FN8O/c1-34-7-9-35(10-8-34)20-16(26)11-14(12-19(20)29)32-24-31-13-15-22(33-24)36-6-5-30-25(36)37(23(15)38)21-17(27)3-2-4-18(21)28/h2-4,11-13H,5-10H2,1H3,(H,31,32,33). The first kappa shape index (κ1) is 25.3. The normalized spacial score (nSPS) is 17.4. The van der Waals surface area contributed by atoms with Crippen LogP contribution in [0.25, 0.3) is 0 Å². The number of guanidine groups is 1. The zero-order valence-electron chi connectivity index (χ0n) is 20.3. The summed E-state index contributed by atoms with van der Waals surface area (Å²) in [5.74, 6) is 0.305. The largest absolute Gasteiger partial charge is 0.366 e. The summed E-state index contributed by atoms with van der Waals surface area (Å²) in [7, 11) is 2.06. The number of carbonyl (C=O) groups excluding carboxylic acids is 1. The Balaban J connectivity index is 1.31. The number of amides is 1. The second-order valence-electron chi connectivity index (χ2n) is 9.18. The number of nitrogens with one attached hydrogen (secondary N) is 1. The maximum Gasteiger partial charge on any atom is 0.270 e. The molecule has 0 aliphatic carbocycles. The SMILES string of the molecule is CN1CCN(c2c(F)cc(Nc3ncc4c(n3)N3CCN=C3N(c3c(Cl)cccc3Cl)C4=O)cc2Br)CC1. The van der Waals surface area contributed by atoms with E-state index in [2.05, 4.69) is 48.2 Å². The predicted octanol–water partition coefficient (Wildman–Crippen LogP) is 5.02. The molecule has 0 radical (unpaired) electrons. The van der Waals surface area contributed by atoms with Crippen molar-refractivity contribution >= 4 is 79.8 Å². The van der Waals surface area contributed by atoms with Crippen molar-refractivity contribution < 1.29 is 9.18 Å². The molecule has 1 fully saturated rings. The lowest BCUT2D eigenvalue weighted by Crippen LogP contribution is -2.51. The Hall–Kier alpha value is -2.99. The van der Waals surface area contributed by atoms with Crippen LogP contribution in [0, 0.1) is 5.82 Å². The number of para-hydroxylation sites is 1. The zero-order valence-corrected chi connectivity index (χ0v) is 23.4. The molecule has 0 unspecified atom stereocenters. The van der Waals surface area contributed by atoms with Crippen LogP contribution in [0.15, 0.2) is 46.0 Å². The zero-order chi connectivity index (χ0) is 26.6. The first-order chi connectivity index (χ1) is 18.3. The Morgan fingerprint density at radius 1 is 1.05 bits per heavy atom. The highest BCUT2D eigenvalue weighted by atomic mass is 79.9. The number of aromatic nitrogens is 2. The van der Waals surface area contributed by atoms with Gasteiger partial charge < -0.3 is 15.1 Å². The number of fused-ring (bicyclic) bond motifs is 3. The number of rotatable bonds is 4. The van der Waals surface area contributed by atoms with Gasteiger partial charge in [0.25, 0.3) is 5.91 Å². The third kappa shape index (κ3) is 4.37. The summed E-state index contributed by atoms with van der Waals surface area (Å²) in [6.07, 6.45) is 1.45. The molecule has 0 atom stereocenters. The van der Waals surface area contributed by atoms with E-state index in [0.717, 1.165) is 26.2 Å². The van der Waals surface area contributed by atoms with Crippen molar-refractivity contribution in [3.63, 3.8) is 0 Å². The molecular formula is C25H22BrCl2FN8O. The summed E-state index contributed by atoms with van der Waals surface area (Å²) < 4.78 is 15.8. The van der Waals surface area contributed by atoms with Crippen LogP contribution in [0.2, 0.25) is 10.0 Å². The fourth-order valence-electron chi connectivity index (χ4n) is 4.83. The minimum Gasteiger partial charge on any atom is -0.366 e. The quantitative estimate of drug-likeness (QED) is 0.439. The number of nitrogens with zero attached hydrogens (tertiary/aromatic N) is 7. The summed E-state index contributed by atoms with van der Waals surface area (Å²) in [6.45, 7) is 4.22. The summed E-state index contributed by atoms with van der Waals surface area (Å²) in [5.41, 5.74) is 1.66. The summed E-state index contributed by atoms with van der Waals surface area (Å²) in [6, 6.07) is 8.28. The fraction of sp³-hybridized carbons (Fsp3) is 0.280. The van der Waals surface area contributed by atoms with E-state index in [0.29, 0.717) is 56.4 Å². The Morgan fingerprint density at radius 2 is 1.79 bits per heavy atom. The van der Waals surface area contributed by atoms with Crippen LogP contribution in [0.1, 0.15) is 10.4 Å². The van der Waals surface area contributed by atoms with Crippen LogP contribution in [0.5, 0.6) is 0 Å². The van der Waals surface area contributed by atoms with Gasteiger partial charge >= 0.3 is 0 Å². The maximum absolute atomic E-state index is 15.2. The first-order valence-corrected chi connectivity index (χ1v) is 13.5. The van der Waals surface area contributed by atoms with Gasteiger partial charge in [0.05, 0.1) is 28.0 Å². The van der Waals surface area contributed by atoms with Crippen molar-refractivity contribution in [2.24, 2.45) is 4.99 Å². The molecule has 0 spiro atoms. The number of benzene rings is 2. The lowest BCUT2D eigenvalue weighted by Gasteiger charge is -2.35. The second-order valence-corrected chi connectivity index (χ2v) is 10.8. The molecule has 1 N–H and O–H groups in total. The molecule has 0 saturated carbocycles. The molecule has 3 aliphatic rings. The van der Waals surface area contributed by atoms with Crippen molar-refractivity contribution in [1.82, 2.24) is 14.9 Å². The van der Waals surface area contributed by atoms with Crippen LogP contribution >= 0.6 is 39.1 Å². The summed E-state index contributed by atoms with van der Waals surface area (Å²) >= 11 is 16.4. The molecule has 2 aromatic carbocycles. The van der Waals surface area contributed by atoms with Crippen LogP contribution in [-0.2, 0) is 0 Å². The summed E-state index contributed by atoms with van der Waals surface area (Å²) in [5, 5.41) is 3.73. The van der Waals surface area contributed by atoms with Crippen LogP contribution in [0.3, 0.4) is 0 Å². The number of aliphatic imine (C=N–C) groups is 1. The molecule has 4 heterocycles.